The quantitative estimate of drug-likeness (QED) is 0.562. The summed E-state index contributed by atoms with van der Waals surface area (Å²) < 4.78 is 0. The number of nitrogens with one attached hydrogen (secondary N) is 1. The minimum atomic E-state index is 0.663. The summed E-state index contributed by atoms with van der Waals surface area (Å²) in [4.78, 5) is 18.1. The van der Waals surface area contributed by atoms with Crippen LogP contribution in [0.5, 0.6) is 0 Å². The van der Waals surface area contributed by atoms with Crippen molar-refractivity contribution in [2.45, 2.75) is 0 Å². The molecule has 0 spiro atoms. The standard InChI is InChI=1S/C21H20ClN7/c1-28-7-9-29(10-8-28)21-16(22)4-5-17(25-21)20-15-11-18(14-3-2-6-23-12-14)24-13-19(15)26-27-20/h2-6,11-13H,7-10H2,1H3,(H,26,27). The van der Waals surface area contributed by atoms with Crippen LogP contribution >= 0.6 is 11.6 Å². The van der Waals surface area contributed by atoms with Crippen molar-refractivity contribution in [1.29, 1.82) is 0 Å². The van der Waals surface area contributed by atoms with Crippen LogP contribution in [0, 0.1) is 0 Å². The van der Waals surface area contributed by atoms with Crippen molar-refractivity contribution < 1.29 is 0 Å². The smallest absolute Gasteiger partial charge is 0.148 e. The SMILES string of the molecule is CN1CCN(c2nc(-c3n[nH]c4cnc(-c5cccnc5)cc34)ccc2Cl)CC1. The van der Waals surface area contributed by atoms with E-state index in [1.54, 1.807) is 18.6 Å². The molecular weight excluding hydrogens is 386 g/mol. The van der Waals surface area contributed by atoms with Crippen molar-refractivity contribution in [1.82, 2.24) is 30.0 Å². The lowest BCUT2D eigenvalue weighted by molar-refractivity contribution is 0.312. The van der Waals surface area contributed by atoms with Crippen LogP contribution in [0.3, 0.4) is 0 Å². The summed E-state index contributed by atoms with van der Waals surface area (Å²) in [6.45, 7) is 3.80. The van der Waals surface area contributed by atoms with Crippen molar-refractivity contribution in [3.05, 3.63) is 53.9 Å². The van der Waals surface area contributed by atoms with Gasteiger partial charge in [-0.3, -0.25) is 15.1 Å². The highest BCUT2D eigenvalue weighted by molar-refractivity contribution is 6.33. The Bertz CT molecular complexity index is 1150. The number of aromatic nitrogens is 5. The third kappa shape index (κ3) is 3.43. The highest BCUT2D eigenvalue weighted by atomic mass is 35.5. The molecule has 5 heterocycles. The number of hydrogen-bond donors (Lipinski definition) is 1. The van der Waals surface area contributed by atoms with Gasteiger partial charge in [0.2, 0.25) is 0 Å². The summed E-state index contributed by atoms with van der Waals surface area (Å²) in [7, 11) is 2.13. The molecule has 0 aromatic carbocycles. The normalized spacial score (nSPS) is 15.2. The Morgan fingerprint density at radius 2 is 1.90 bits per heavy atom. The molecule has 1 saturated heterocycles. The van der Waals surface area contributed by atoms with Crippen LogP contribution in [0.25, 0.3) is 33.5 Å². The molecule has 7 nitrogen and oxygen atoms in total. The average molecular weight is 406 g/mol. The summed E-state index contributed by atoms with van der Waals surface area (Å²) in [5, 5.41) is 9.21. The van der Waals surface area contributed by atoms with Gasteiger partial charge < -0.3 is 9.80 Å². The number of halogens is 1. The van der Waals surface area contributed by atoms with Crippen LogP contribution in [-0.4, -0.2) is 63.3 Å². The van der Waals surface area contributed by atoms with Gasteiger partial charge in [-0.1, -0.05) is 11.6 Å². The fourth-order valence-corrected chi connectivity index (χ4v) is 3.81. The van der Waals surface area contributed by atoms with E-state index in [9.17, 15) is 0 Å². The highest BCUT2D eigenvalue weighted by Gasteiger charge is 2.20. The van der Waals surface area contributed by atoms with E-state index in [0.29, 0.717) is 5.02 Å². The number of piperazine rings is 1. The van der Waals surface area contributed by atoms with Crippen molar-refractivity contribution in [2.24, 2.45) is 0 Å². The molecule has 1 fully saturated rings. The molecule has 29 heavy (non-hydrogen) atoms. The number of rotatable bonds is 3. The van der Waals surface area contributed by atoms with E-state index in [4.69, 9.17) is 16.6 Å². The first-order valence-electron chi connectivity index (χ1n) is 9.54. The first kappa shape index (κ1) is 18.0. The number of fused-ring (bicyclic) bond motifs is 1. The maximum atomic E-state index is 6.49. The molecule has 8 heteroatoms. The average Bonchev–Trinajstić information content (AvgIpc) is 3.19. The molecule has 0 unspecified atom stereocenters. The predicted octanol–water partition coefficient (Wildman–Crippen LogP) is 3.49. The highest BCUT2D eigenvalue weighted by Crippen LogP contribution is 2.32. The monoisotopic (exact) mass is 405 g/mol. The second kappa shape index (κ2) is 7.42. The second-order valence-corrected chi connectivity index (χ2v) is 7.63. The molecule has 0 aliphatic carbocycles. The number of likely N-dealkylation sites (N-methyl/N-ethyl adjacent to an activating group) is 1. The molecule has 146 valence electrons. The van der Waals surface area contributed by atoms with E-state index in [-0.39, 0.29) is 0 Å². The van der Waals surface area contributed by atoms with Crippen molar-refractivity contribution >= 4 is 28.3 Å². The second-order valence-electron chi connectivity index (χ2n) is 7.22. The van der Waals surface area contributed by atoms with E-state index < -0.39 is 0 Å². The van der Waals surface area contributed by atoms with E-state index in [2.05, 4.69) is 37.0 Å². The Kier molecular flexibility index (Phi) is 4.61. The van der Waals surface area contributed by atoms with Crippen LogP contribution in [0.2, 0.25) is 5.02 Å². The Morgan fingerprint density at radius 1 is 1.03 bits per heavy atom. The van der Waals surface area contributed by atoms with Crippen LogP contribution in [0.15, 0.2) is 48.9 Å². The molecule has 0 amide bonds. The van der Waals surface area contributed by atoms with Gasteiger partial charge in [0, 0.05) is 49.5 Å². The molecule has 1 aliphatic rings. The van der Waals surface area contributed by atoms with Crippen molar-refractivity contribution in [3.63, 3.8) is 0 Å². The van der Waals surface area contributed by atoms with Crippen molar-refractivity contribution in [3.8, 4) is 22.6 Å². The zero-order chi connectivity index (χ0) is 19.8. The topological polar surface area (TPSA) is 73.8 Å². The molecule has 0 radical (unpaired) electrons. The van der Waals surface area contributed by atoms with Gasteiger partial charge in [-0.05, 0) is 37.4 Å². The van der Waals surface area contributed by atoms with Crippen molar-refractivity contribution in [2.75, 3.05) is 38.1 Å². The number of aromatic amines is 1. The third-order valence-electron chi connectivity index (χ3n) is 5.28. The fraction of sp³-hybridized carbons (Fsp3) is 0.238. The van der Waals surface area contributed by atoms with Gasteiger partial charge in [0.15, 0.2) is 0 Å². The Hall–Kier alpha value is -3.03. The first-order valence-corrected chi connectivity index (χ1v) is 9.92. The Morgan fingerprint density at radius 3 is 2.69 bits per heavy atom. The lowest BCUT2D eigenvalue weighted by Crippen LogP contribution is -2.45. The Labute approximate surface area is 173 Å². The largest absolute Gasteiger partial charge is 0.353 e. The molecular formula is C21H20ClN7. The molecule has 5 rings (SSSR count). The summed E-state index contributed by atoms with van der Waals surface area (Å²) >= 11 is 6.49. The maximum Gasteiger partial charge on any atom is 0.148 e. The summed E-state index contributed by atoms with van der Waals surface area (Å²) in [5.74, 6) is 0.815. The molecule has 1 aliphatic heterocycles. The van der Waals surface area contributed by atoms with Gasteiger partial charge in [-0.15, -0.1) is 0 Å². The first-order chi connectivity index (χ1) is 14.2. The minimum Gasteiger partial charge on any atom is -0.353 e. The van der Waals surface area contributed by atoms with Gasteiger partial charge in [0.05, 0.1) is 28.1 Å². The molecule has 4 aromatic heterocycles. The van der Waals surface area contributed by atoms with Gasteiger partial charge in [-0.25, -0.2) is 4.98 Å². The fourth-order valence-electron chi connectivity index (χ4n) is 3.59. The number of pyridine rings is 3. The minimum absolute atomic E-state index is 0.663. The van der Waals surface area contributed by atoms with E-state index in [0.717, 1.165) is 65.5 Å². The van der Waals surface area contributed by atoms with E-state index in [1.165, 1.54) is 0 Å². The number of anilines is 1. The van der Waals surface area contributed by atoms with Crippen LogP contribution in [0.4, 0.5) is 5.82 Å². The van der Waals surface area contributed by atoms with E-state index in [1.807, 2.05) is 30.3 Å². The number of nitrogens with zero attached hydrogens (tertiary/aromatic N) is 6. The van der Waals surface area contributed by atoms with Gasteiger partial charge in [-0.2, -0.15) is 5.10 Å². The van der Waals surface area contributed by atoms with Gasteiger partial charge in [0.25, 0.3) is 0 Å². The maximum absolute atomic E-state index is 6.49. The number of H-pyrrole nitrogens is 1. The lowest BCUT2D eigenvalue weighted by atomic mass is 10.1. The molecule has 1 N–H and O–H groups in total. The Balaban J connectivity index is 1.56. The summed E-state index contributed by atoms with van der Waals surface area (Å²) in [6.07, 6.45) is 5.36. The zero-order valence-electron chi connectivity index (χ0n) is 16.0. The molecule has 0 atom stereocenters. The van der Waals surface area contributed by atoms with Crippen LogP contribution in [0.1, 0.15) is 0 Å². The van der Waals surface area contributed by atoms with Crippen LogP contribution in [-0.2, 0) is 0 Å². The summed E-state index contributed by atoms with van der Waals surface area (Å²) in [6, 6.07) is 9.74. The van der Waals surface area contributed by atoms with Gasteiger partial charge >= 0.3 is 0 Å². The summed E-state index contributed by atoms with van der Waals surface area (Å²) in [5.41, 5.74) is 4.26. The molecule has 0 bridgehead atoms. The number of hydrogen-bond acceptors (Lipinski definition) is 6. The molecule has 4 aromatic rings. The molecule has 0 saturated carbocycles. The lowest BCUT2D eigenvalue weighted by Gasteiger charge is -2.33. The van der Waals surface area contributed by atoms with E-state index >= 15 is 0 Å². The van der Waals surface area contributed by atoms with Crippen LogP contribution < -0.4 is 4.90 Å². The zero-order valence-corrected chi connectivity index (χ0v) is 16.8. The third-order valence-corrected chi connectivity index (χ3v) is 5.57. The van der Waals surface area contributed by atoms with Gasteiger partial charge in [0.1, 0.15) is 11.5 Å². The predicted molar refractivity (Wildman–Crippen MR) is 115 cm³/mol.